The highest BCUT2D eigenvalue weighted by Crippen LogP contribution is 2.19. The summed E-state index contributed by atoms with van der Waals surface area (Å²) in [7, 11) is 2.78. The highest BCUT2D eigenvalue weighted by Gasteiger charge is 2.11. The third-order valence-electron chi connectivity index (χ3n) is 2.30. The summed E-state index contributed by atoms with van der Waals surface area (Å²) in [5.41, 5.74) is -0.918. The van der Waals surface area contributed by atoms with Crippen LogP contribution in [0.15, 0.2) is 33.9 Å². The molecule has 0 spiro atoms. The van der Waals surface area contributed by atoms with Gasteiger partial charge in [0.1, 0.15) is 11.4 Å². The van der Waals surface area contributed by atoms with E-state index in [-0.39, 0.29) is 5.88 Å². The number of aromatic amines is 1. The molecule has 2 rings (SSSR count). The SMILES string of the molecule is COc1ccccc1-n1nc(OC)c(=O)[nH]c1=O. The molecular weight excluding hydrogens is 238 g/mol. The normalized spacial score (nSPS) is 10.1. The zero-order valence-electron chi connectivity index (χ0n) is 9.84. The maximum absolute atomic E-state index is 11.7. The molecule has 0 saturated heterocycles. The van der Waals surface area contributed by atoms with Crippen molar-refractivity contribution in [2.75, 3.05) is 14.2 Å². The minimum atomic E-state index is -0.673. The largest absolute Gasteiger partial charge is 0.494 e. The van der Waals surface area contributed by atoms with Gasteiger partial charge in [-0.2, -0.15) is 4.68 Å². The van der Waals surface area contributed by atoms with Gasteiger partial charge >= 0.3 is 11.2 Å². The zero-order valence-corrected chi connectivity index (χ0v) is 9.84. The summed E-state index contributed by atoms with van der Waals surface area (Å²) in [4.78, 5) is 25.1. The number of rotatable bonds is 3. The number of hydrogen-bond donors (Lipinski definition) is 1. The first-order valence-electron chi connectivity index (χ1n) is 5.08. The molecular formula is C11H11N3O4. The van der Waals surface area contributed by atoms with Crippen LogP contribution in [0.2, 0.25) is 0 Å². The van der Waals surface area contributed by atoms with Crippen molar-refractivity contribution >= 4 is 0 Å². The van der Waals surface area contributed by atoms with Crippen LogP contribution in [-0.4, -0.2) is 29.0 Å². The van der Waals surface area contributed by atoms with Crippen LogP contribution in [0.25, 0.3) is 5.69 Å². The number of aromatic nitrogens is 3. The summed E-state index contributed by atoms with van der Waals surface area (Å²) < 4.78 is 10.9. The second kappa shape index (κ2) is 4.74. The van der Waals surface area contributed by atoms with Gasteiger partial charge in [-0.15, -0.1) is 5.10 Å². The Bertz CT molecular complexity index is 674. The fraction of sp³-hybridized carbons (Fsp3) is 0.182. The predicted octanol–water partition coefficient (Wildman–Crippen LogP) is -0.0620. The number of ether oxygens (including phenoxy) is 2. The Morgan fingerprint density at radius 2 is 1.89 bits per heavy atom. The lowest BCUT2D eigenvalue weighted by Crippen LogP contribution is -2.32. The Hall–Kier alpha value is -2.57. The van der Waals surface area contributed by atoms with E-state index in [1.165, 1.54) is 14.2 Å². The quantitative estimate of drug-likeness (QED) is 0.823. The maximum Gasteiger partial charge on any atom is 0.349 e. The van der Waals surface area contributed by atoms with E-state index < -0.39 is 11.2 Å². The number of benzene rings is 1. The van der Waals surface area contributed by atoms with Crippen molar-refractivity contribution in [3.8, 4) is 17.3 Å². The molecule has 18 heavy (non-hydrogen) atoms. The summed E-state index contributed by atoms with van der Waals surface area (Å²) >= 11 is 0. The standard InChI is InChI=1S/C11H11N3O4/c1-17-8-6-4-3-5-7(8)14-11(16)12-9(15)10(13-14)18-2/h3-6H,1-2H3,(H,12,15,16). The van der Waals surface area contributed by atoms with E-state index in [2.05, 4.69) is 10.1 Å². The van der Waals surface area contributed by atoms with Crippen LogP contribution < -0.4 is 20.7 Å². The van der Waals surface area contributed by atoms with Gasteiger partial charge in [0.15, 0.2) is 0 Å². The van der Waals surface area contributed by atoms with Gasteiger partial charge in [-0.3, -0.25) is 9.78 Å². The van der Waals surface area contributed by atoms with Crippen LogP contribution in [-0.2, 0) is 0 Å². The molecule has 1 heterocycles. The highest BCUT2D eigenvalue weighted by atomic mass is 16.5. The minimum absolute atomic E-state index is 0.194. The second-order valence-corrected chi connectivity index (χ2v) is 3.35. The molecule has 0 radical (unpaired) electrons. The van der Waals surface area contributed by atoms with E-state index in [0.29, 0.717) is 11.4 Å². The average molecular weight is 249 g/mol. The molecule has 0 aliphatic carbocycles. The highest BCUT2D eigenvalue weighted by molar-refractivity contribution is 5.45. The predicted molar refractivity (Wildman–Crippen MR) is 63.6 cm³/mol. The summed E-state index contributed by atoms with van der Waals surface area (Å²) in [5.74, 6) is 0.265. The molecule has 0 aliphatic heterocycles. The van der Waals surface area contributed by atoms with E-state index in [1.54, 1.807) is 24.3 Å². The van der Waals surface area contributed by atoms with Crippen LogP contribution in [0.1, 0.15) is 0 Å². The lowest BCUT2D eigenvalue weighted by molar-refractivity contribution is 0.373. The molecule has 1 aromatic heterocycles. The van der Waals surface area contributed by atoms with E-state index >= 15 is 0 Å². The Labute approximate surface area is 102 Å². The third kappa shape index (κ3) is 1.97. The smallest absolute Gasteiger partial charge is 0.349 e. The molecule has 0 unspecified atom stereocenters. The third-order valence-corrected chi connectivity index (χ3v) is 2.30. The molecule has 2 aromatic rings. The van der Waals surface area contributed by atoms with Crippen LogP contribution in [0, 0.1) is 0 Å². The fourth-order valence-corrected chi connectivity index (χ4v) is 1.49. The summed E-state index contributed by atoms with van der Waals surface area (Å²) in [6.45, 7) is 0. The second-order valence-electron chi connectivity index (χ2n) is 3.35. The van der Waals surface area contributed by atoms with Gasteiger partial charge in [-0.05, 0) is 12.1 Å². The number of para-hydroxylation sites is 2. The number of H-pyrrole nitrogens is 1. The van der Waals surface area contributed by atoms with Crippen molar-refractivity contribution < 1.29 is 9.47 Å². The Kier molecular flexibility index (Phi) is 3.13. The maximum atomic E-state index is 11.7. The zero-order chi connectivity index (χ0) is 13.1. The van der Waals surface area contributed by atoms with E-state index in [4.69, 9.17) is 9.47 Å². The number of nitrogens with one attached hydrogen (secondary N) is 1. The Morgan fingerprint density at radius 3 is 2.56 bits per heavy atom. The van der Waals surface area contributed by atoms with Crippen LogP contribution in [0.3, 0.4) is 0 Å². The topological polar surface area (TPSA) is 86.2 Å². The van der Waals surface area contributed by atoms with Crippen molar-refractivity contribution in [1.82, 2.24) is 14.8 Å². The first-order valence-corrected chi connectivity index (χ1v) is 5.08. The summed E-state index contributed by atoms with van der Waals surface area (Å²) in [5, 5.41) is 3.83. The molecule has 1 aromatic carbocycles. The van der Waals surface area contributed by atoms with Gasteiger partial charge in [0.05, 0.1) is 14.2 Å². The van der Waals surface area contributed by atoms with Gasteiger partial charge in [0, 0.05) is 0 Å². The monoisotopic (exact) mass is 249 g/mol. The van der Waals surface area contributed by atoms with Crippen molar-refractivity contribution in [3.63, 3.8) is 0 Å². The van der Waals surface area contributed by atoms with E-state index in [0.717, 1.165) is 4.68 Å². The Balaban J connectivity index is 2.71. The molecule has 0 bridgehead atoms. The summed E-state index contributed by atoms with van der Waals surface area (Å²) in [6, 6.07) is 6.81. The van der Waals surface area contributed by atoms with E-state index in [1.807, 2.05) is 0 Å². The molecule has 0 aliphatic rings. The van der Waals surface area contributed by atoms with Crippen LogP contribution in [0.4, 0.5) is 0 Å². The van der Waals surface area contributed by atoms with Gasteiger partial charge in [0.2, 0.25) is 0 Å². The van der Waals surface area contributed by atoms with Gasteiger partial charge in [-0.25, -0.2) is 4.79 Å². The van der Waals surface area contributed by atoms with Crippen LogP contribution in [0.5, 0.6) is 11.6 Å². The molecule has 0 saturated carbocycles. The molecule has 94 valence electrons. The average Bonchev–Trinajstić information content (AvgIpc) is 2.39. The van der Waals surface area contributed by atoms with Gasteiger partial charge < -0.3 is 9.47 Å². The number of nitrogens with zero attached hydrogens (tertiary/aromatic N) is 2. The van der Waals surface area contributed by atoms with Crippen molar-refractivity contribution in [1.29, 1.82) is 0 Å². The number of hydrogen-bond acceptors (Lipinski definition) is 5. The lowest BCUT2D eigenvalue weighted by Gasteiger charge is -2.09. The van der Waals surface area contributed by atoms with Crippen molar-refractivity contribution in [2.45, 2.75) is 0 Å². The molecule has 0 atom stereocenters. The molecule has 0 fully saturated rings. The van der Waals surface area contributed by atoms with Crippen molar-refractivity contribution in [2.24, 2.45) is 0 Å². The van der Waals surface area contributed by atoms with E-state index in [9.17, 15) is 9.59 Å². The Morgan fingerprint density at radius 1 is 1.17 bits per heavy atom. The first-order chi connectivity index (χ1) is 8.67. The minimum Gasteiger partial charge on any atom is -0.494 e. The lowest BCUT2D eigenvalue weighted by atomic mass is 10.3. The van der Waals surface area contributed by atoms with Crippen molar-refractivity contribution in [3.05, 3.63) is 45.1 Å². The number of methoxy groups -OCH3 is 2. The fourth-order valence-electron chi connectivity index (χ4n) is 1.49. The molecule has 0 amide bonds. The van der Waals surface area contributed by atoms with Gasteiger partial charge in [-0.1, -0.05) is 12.1 Å². The summed E-state index contributed by atoms with van der Waals surface area (Å²) in [6.07, 6.45) is 0. The first kappa shape index (κ1) is 11.9. The molecule has 7 heteroatoms. The molecule has 1 N–H and O–H groups in total. The van der Waals surface area contributed by atoms with Gasteiger partial charge in [0.25, 0.3) is 5.88 Å². The van der Waals surface area contributed by atoms with Crippen LogP contribution >= 0.6 is 0 Å². The molecule has 7 nitrogen and oxygen atoms in total.